The van der Waals surface area contributed by atoms with E-state index in [0.29, 0.717) is 13.0 Å². The predicted molar refractivity (Wildman–Crippen MR) is 131 cm³/mol. The van der Waals surface area contributed by atoms with E-state index in [1.807, 2.05) is 24.3 Å². The number of hydrogen-bond donors (Lipinski definition) is 3. The number of carboxylic acid groups (broad SMARTS) is 1. The minimum atomic E-state index is -0.824. The highest BCUT2D eigenvalue weighted by Crippen LogP contribution is 2.45. The Kier molecular flexibility index (Phi) is 6.50. The number of carboxylic acids is 1. The number of hydrogen-bond acceptors (Lipinski definition) is 4. The Hall–Kier alpha value is -3.35. The second kappa shape index (κ2) is 9.72. The number of nitrogens with one attached hydrogen (secondary N) is 2. The molecule has 3 aliphatic rings. The molecule has 5 rings (SSSR count). The number of carbonyl (C=O) groups is 3. The molecule has 7 nitrogen and oxygen atoms in total. The van der Waals surface area contributed by atoms with Crippen LogP contribution in [-0.2, 0) is 14.3 Å². The lowest BCUT2D eigenvalue weighted by Crippen LogP contribution is -2.48. The average molecular weight is 477 g/mol. The lowest BCUT2D eigenvalue weighted by molar-refractivity contribution is -0.142. The van der Waals surface area contributed by atoms with E-state index in [4.69, 9.17) is 4.74 Å². The molecule has 0 saturated heterocycles. The molecule has 0 spiro atoms. The van der Waals surface area contributed by atoms with Crippen molar-refractivity contribution in [1.82, 2.24) is 10.6 Å². The normalized spacial score (nSPS) is 21.9. The Labute approximate surface area is 205 Å². The van der Waals surface area contributed by atoms with Crippen molar-refractivity contribution in [3.63, 3.8) is 0 Å². The minimum Gasteiger partial charge on any atom is -0.481 e. The number of alkyl carbamates (subject to hydrolysis) is 1. The first-order valence-corrected chi connectivity index (χ1v) is 12.6. The van der Waals surface area contributed by atoms with Gasteiger partial charge in [-0.3, -0.25) is 9.59 Å². The Balaban J connectivity index is 1.16. The third kappa shape index (κ3) is 4.77. The molecular weight excluding hydrogens is 444 g/mol. The van der Waals surface area contributed by atoms with Crippen molar-refractivity contribution >= 4 is 18.0 Å². The number of aliphatic carboxylic acids is 1. The molecule has 2 atom stereocenters. The maximum Gasteiger partial charge on any atom is 0.407 e. The monoisotopic (exact) mass is 476 g/mol. The smallest absolute Gasteiger partial charge is 0.407 e. The van der Waals surface area contributed by atoms with Crippen LogP contribution in [0.3, 0.4) is 0 Å². The molecule has 0 heterocycles. The van der Waals surface area contributed by atoms with Crippen LogP contribution in [-0.4, -0.2) is 42.3 Å². The number of benzene rings is 2. The number of carbonyl (C=O) groups excluding carboxylic acids is 2. The van der Waals surface area contributed by atoms with Gasteiger partial charge in [-0.15, -0.1) is 0 Å². The highest BCUT2D eigenvalue weighted by Gasteiger charge is 2.41. The van der Waals surface area contributed by atoms with Crippen LogP contribution >= 0.6 is 0 Å². The van der Waals surface area contributed by atoms with Gasteiger partial charge in [0.1, 0.15) is 6.61 Å². The first-order valence-electron chi connectivity index (χ1n) is 12.6. The molecule has 0 aromatic heterocycles. The van der Waals surface area contributed by atoms with Crippen LogP contribution in [0.15, 0.2) is 48.5 Å². The quantitative estimate of drug-likeness (QED) is 0.522. The van der Waals surface area contributed by atoms with Crippen molar-refractivity contribution in [2.75, 3.05) is 13.2 Å². The van der Waals surface area contributed by atoms with E-state index < -0.39 is 12.1 Å². The van der Waals surface area contributed by atoms with Crippen molar-refractivity contribution < 1.29 is 24.2 Å². The van der Waals surface area contributed by atoms with E-state index in [0.717, 1.165) is 43.2 Å². The van der Waals surface area contributed by atoms with Crippen LogP contribution in [0.5, 0.6) is 0 Å². The molecular formula is C28H32N2O5. The molecule has 2 amide bonds. The maximum absolute atomic E-state index is 12.9. The van der Waals surface area contributed by atoms with Gasteiger partial charge >= 0.3 is 12.1 Å². The summed E-state index contributed by atoms with van der Waals surface area (Å²) in [6.07, 6.45) is 4.51. The summed E-state index contributed by atoms with van der Waals surface area (Å²) in [5.74, 6) is -1.26. The minimum absolute atomic E-state index is 0.0104. The van der Waals surface area contributed by atoms with Crippen LogP contribution in [0, 0.1) is 11.3 Å². The molecule has 35 heavy (non-hydrogen) atoms. The van der Waals surface area contributed by atoms with Crippen molar-refractivity contribution in [3.8, 4) is 11.1 Å². The Bertz CT molecular complexity index is 1080. The highest BCUT2D eigenvalue weighted by molar-refractivity contribution is 5.81. The standard InChI is InChI=1S/C28H32N2O5/c31-25(32)15-28(13-6-14-28)17-29-26(33)22-11-5-12-24(22)30-27(34)35-16-23-20-9-3-1-7-18(20)19-8-2-4-10-21(19)23/h1-4,7-10,22-24H,5-6,11-17H2,(H,29,33)(H,30,34)(H,31,32). The van der Waals surface area contributed by atoms with Crippen molar-refractivity contribution in [1.29, 1.82) is 0 Å². The lowest BCUT2D eigenvalue weighted by Gasteiger charge is -2.41. The highest BCUT2D eigenvalue weighted by atomic mass is 16.5. The van der Waals surface area contributed by atoms with E-state index in [9.17, 15) is 19.5 Å². The zero-order valence-corrected chi connectivity index (χ0v) is 19.8. The van der Waals surface area contributed by atoms with Gasteiger partial charge < -0.3 is 20.5 Å². The first-order chi connectivity index (χ1) is 17.0. The van der Waals surface area contributed by atoms with Gasteiger partial charge in [-0.05, 0) is 53.4 Å². The Morgan fingerprint density at radius 1 is 0.943 bits per heavy atom. The molecule has 2 aromatic rings. The lowest BCUT2D eigenvalue weighted by atomic mass is 9.66. The summed E-state index contributed by atoms with van der Waals surface area (Å²) in [7, 11) is 0. The van der Waals surface area contributed by atoms with E-state index >= 15 is 0 Å². The predicted octanol–water partition coefficient (Wildman–Crippen LogP) is 4.46. The average Bonchev–Trinajstić information content (AvgIpc) is 3.41. The van der Waals surface area contributed by atoms with E-state index in [2.05, 4.69) is 34.9 Å². The SMILES string of the molecule is O=C(O)CC1(CNC(=O)C2CCCC2NC(=O)OCC2c3ccccc3-c3ccccc32)CCC1. The van der Waals surface area contributed by atoms with Gasteiger partial charge in [0.05, 0.1) is 12.3 Å². The third-order valence-corrected chi connectivity index (χ3v) is 8.08. The summed E-state index contributed by atoms with van der Waals surface area (Å²) in [6.45, 7) is 0.619. The molecule has 2 unspecified atom stereocenters. The molecule has 2 saturated carbocycles. The zero-order chi connectivity index (χ0) is 24.4. The summed E-state index contributed by atoms with van der Waals surface area (Å²) < 4.78 is 5.67. The molecule has 0 aliphatic heterocycles. The van der Waals surface area contributed by atoms with E-state index in [-0.39, 0.29) is 42.2 Å². The summed E-state index contributed by atoms with van der Waals surface area (Å²) in [4.78, 5) is 36.8. The molecule has 184 valence electrons. The summed E-state index contributed by atoms with van der Waals surface area (Å²) in [6, 6.07) is 16.1. The molecule has 3 N–H and O–H groups in total. The van der Waals surface area contributed by atoms with Gasteiger partial charge in [-0.1, -0.05) is 61.4 Å². The van der Waals surface area contributed by atoms with Crippen LogP contribution < -0.4 is 10.6 Å². The Morgan fingerprint density at radius 3 is 2.20 bits per heavy atom. The Morgan fingerprint density at radius 2 is 1.60 bits per heavy atom. The van der Waals surface area contributed by atoms with Gasteiger partial charge in [0.15, 0.2) is 0 Å². The van der Waals surface area contributed by atoms with E-state index in [1.54, 1.807) is 0 Å². The number of fused-ring (bicyclic) bond motifs is 3. The van der Waals surface area contributed by atoms with Gasteiger partial charge in [-0.25, -0.2) is 4.79 Å². The van der Waals surface area contributed by atoms with Crippen LogP contribution in [0.2, 0.25) is 0 Å². The fourth-order valence-corrected chi connectivity index (χ4v) is 6.06. The van der Waals surface area contributed by atoms with Crippen molar-refractivity contribution in [2.24, 2.45) is 11.3 Å². The van der Waals surface area contributed by atoms with Crippen LogP contribution in [0.25, 0.3) is 11.1 Å². The van der Waals surface area contributed by atoms with Crippen LogP contribution in [0.4, 0.5) is 4.79 Å². The van der Waals surface area contributed by atoms with E-state index in [1.165, 1.54) is 11.1 Å². The van der Waals surface area contributed by atoms with Gasteiger partial charge in [-0.2, -0.15) is 0 Å². The number of amides is 2. The summed E-state index contributed by atoms with van der Waals surface area (Å²) in [5, 5.41) is 15.1. The molecule has 3 aliphatic carbocycles. The maximum atomic E-state index is 12.9. The third-order valence-electron chi connectivity index (χ3n) is 8.08. The fraction of sp³-hybridized carbons (Fsp3) is 0.464. The molecule has 0 bridgehead atoms. The number of ether oxygens (including phenoxy) is 1. The topological polar surface area (TPSA) is 105 Å². The molecule has 2 fully saturated rings. The molecule has 2 aromatic carbocycles. The second-order valence-electron chi connectivity index (χ2n) is 10.3. The van der Waals surface area contributed by atoms with Gasteiger partial charge in [0.2, 0.25) is 5.91 Å². The summed E-state index contributed by atoms with van der Waals surface area (Å²) in [5.41, 5.74) is 4.35. The van der Waals surface area contributed by atoms with Gasteiger partial charge in [0, 0.05) is 18.5 Å². The zero-order valence-electron chi connectivity index (χ0n) is 19.8. The largest absolute Gasteiger partial charge is 0.481 e. The fourth-order valence-electron chi connectivity index (χ4n) is 6.06. The second-order valence-corrected chi connectivity index (χ2v) is 10.3. The van der Waals surface area contributed by atoms with Crippen molar-refractivity contribution in [2.45, 2.75) is 56.9 Å². The van der Waals surface area contributed by atoms with Crippen LogP contribution in [0.1, 0.15) is 62.0 Å². The summed E-state index contributed by atoms with van der Waals surface area (Å²) >= 11 is 0. The molecule has 7 heteroatoms. The first kappa shape index (κ1) is 23.4. The van der Waals surface area contributed by atoms with Crippen molar-refractivity contribution in [3.05, 3.63) is 59.7 Å². The number of rotatable bonds is 8. The molecule has 0 radical (unpaired) electrons. The van der Waals surface area contributed by atoms with Gasteiger partial charge in [0.25, 0.3) is 0 Å².